The largest absolute Gasteiger partial charge is 0.492 e. The van der Waals surface area contributed by atoms with E-state index in [4.69, 9.17) is 22.1 Å². The van der Waals surface area contributed by atoms with Crippen molar-refractivity contribution in [3.63, 3.8) is 0 Å². The summed E-state index contributed by atoms with van der Waals surface area (Å²) in [7, 11) is 2.04. The standard InChI is InChI=1S/C13H16ClN3OS/c1-17(9-12-8-16-13(15)19-12)5-6-18-11-4-2-3-10(14)7-11/h2-4,7-8H,5-6,9H2,1H3,(H2,15,16). The Morgan fingerprint density at radius 3 is 3.00 bits per heavy atom. The zero-order valence-electron chi connectivity index (χ0n) is 10.7. The van der Waals surface area contributed by atoms with Gasteiger partial charge in [-0.05, 0) is 25.2 Å². The molecule has 0 spiro atoms. The molecule has 0 bridgehead atoms. The van der Waals surface area contributed by atoms with Crippen LogP contribution in [0.15, 0.2) is 30.5 Å². The van der Waals surface area contributed by atoms with Gasteiger partial charge >= 0.3 is 0 Å². The minimum atomic E-state index is 0.610. The summed E-state index contributed by atoms with van der Waals surface area (Å²) in [6.45, 7) is 2.27. The third-order valence-corrected chi connectivity index (χ3v) is 3.58. The van der Waals surface area contributed by atoms with E-state index >= 15 is 0 Å². The summed E-state index contributed by atoms with van der Waals surface area (Å²) in [6, 6.07) is 7.41. The monoisotopic (exact) mass is 297 g/mol. The molecule has 0 saturated carbocycles. The van der Waals surface area contributed by atoms with E-state index in [0.29, 0.717) is 16.8 Å². The predicted octanol–water partition coefficient (Wildman–Crippen LogP) is 2.89. The average Bonchev–Trinajstić information content (AvgIpc) is 2.75. The molecular formula is C13H16ClN3OS. The van der Waals surface area contributed by atoms with Gasteiger partial charge in [0.2, 0.25) is 0 Å². The topological polar surface area (TPSA) is 51.4 Å². The molecule has 6 heteroatoms. The number of hydrogen-bond donors (Lipinski definition) is 1. The van der Waals surface area contributed by atoms with E-state index in [2.05, 4.69) is 9.88 Å². The molecule has 2 aromatic rings. The molecule has 0 fully saturated rings. The molecule has 0 radical (unpaired) electrons. The number of nitrogen functional groups attached to an aromatic ring is 1. The normalized spacial score (nSPS) is 10.9. The van der Waals surface area contributed by atoms with E-state index in [9.17, 15) is 0 Å². The van der Waals surface area contributed by atoms with Crippen LogP contribution in [0.2, 0.25) is 5.02 Å². The van der Waals surface area contributed by atoms with Gasteiger partial charge in [0.1, 0.15) is 12.4 Å². The molecule has 0 amide bonds. The van der Waals surface area contributed by atoms with E-state index in [1.807, 2.05) is 37.5 Å². The first-order valence-corrected chi connectivity index (χ1v) is 7.10. The molecule has 4 nitrogen and oxygen atoms in total. The zero-order valence-corrected chi connectivity index (χ0v) is 12.2. The number of aromatic nitrogens is 1. The second kappa shape index (κ2) is 6.75. The van der Waals surface area contributed by atoms with Gasteiger partial charge in [-0.25, -0.2) is 4.98 Å². The molecule has 1 heterocycles. The Morgan fingerprint density at radius 2 is 2.32 bits per heavy atom. The first-order chi connectivity index (χ1) is 9.13. The first kappa shape index (κ1) is 14.1. The summed E-state index contributed by atoms with van der Waals surface area (Å²) in [5.41, 5.74) is 5.60. The quantitative estimate of drug-likeness (QED) is 0.891. The summed E-state index contributed by atoms with van der Waals surface area (Å²) in [5, 5.41) is 1.30. The van der Waals surface area contributed by atoms with E-state index in [0.717, 1.165) is 23.7 Å². The number of halogens is 1. The van der Waals surface area contributed by atoms with Crippen molar-refractivity contribution in [2.75, 3.05) is 25.9 Å². The number of nitrogens with zero attached hydrogens (tertiary/aromatic N) is 2. The van der Waals surface area contributed by atoms with Crippen LogP contribution in [0.5, 0.6) is 5.75 Å². The Kier molecular flexibility index (Phi) is 5.01. The lowest BCUT2D eigenvalue weighted by molar-refractivity contribution is 0.234. The van der Waals surface area contributed by atoms with Crippen molar-refractivity contribution in [1.29, 1.82) is 0 Å². The maximum absolute atomic E-state index is 5.89. The maximum Gasteiger partial charge on any atom is 0.180 e. The lowest BCUT2D eigenvalue weighted by atomic mass is 10.3. The minimum absolute atomic E-state index is 0.610. The van der Waals surface area contributed by atoms with Crippen LogP contribution >= 0.6 is 22.9 Å². The number of anilines is 1. The summed E-state index contributed by atoms with van der Waals surface area (Å²) >= 11 is 7.40. The lowest BCUT2D eigenvalue weighted by Crippen LogP contribution is -2.23. The SMILES string of the molecule is CN(CCOc1cccc(Cl)c1)Cc1cnc(N)s1. The molecule has 0 aliphatic rings. The van der Waals surface area contributed by atoms with Gasteiger partial charge in [0, 0.05) is 29.2 Å². The Hall–Kier alpha value is -1.30. The highest BCUT2D eigenvalue weighted by atomic mass is 35.5. The Labute approximate surface area is 121 Å². The van der Waals surface area contributed by atoms with Gasteiger partial charge in [-0.3, -0.25) is 4.90 Å². The van der Waals surface area contributed by atoms with E-state index in [1.165, 1.54) is 11.3 Å². The van der Waals surface area contributed by atoms with Crippen LogP contribution in [0, 0.1) is 0 Å². The van der Waals surface area contributed by atoms with Gasteiger partial charge in [0.05, 0.1) is 0 Å². The van der Waals surface area contributed by atoms with Gasteiger partial charge in [-0.2, -0.15) is 0 Å². The molecule has 2 rings (SSSR count). The van der Waals surface area contributed by atoms with Crippen LogP contribution < -0.4 is 10.5 Å². The molecule has 2 N–H and O–H groups in total. The van der Waals surface area contributed by atoms with Crippen molar-refractivity contribution in [2.45, 2.75) is 6.54 Å². The number of likely N-dealkylation sites (N-methyl/N-ethyl adjacent to an activating group) is 1. The molecule has 1 aromatic heterocycles. The van der Waals surface area contributed by atoms with Gasteiger partial charge in [0.15, 0.2) is 5.13 Å². The van der Waals surface area contributed by atoms with Gasteiger partial charge in [0.25, 0.3) is 0 Å². The van der Waals surface area contributed by atoms with Crippen LogP contribution in [-0.4, -0.2) is 30.1 Å². The van der Waals surface area contributed by atoms with E-state index in [1.54, 1.807) is 0 Å². The second-order valence-electron chi connectivity index (χ2n) is 4.21. The zero-order chi connectivity index (χ0) is 13.7. The van der Waals surface area contributed by atoms with Crippen molar-refractivity contribution >= 4 is 28.1 Å². The summed E-state index contributed by atoms with van der Waals surface area (Å²) in [6.07, 6.45) is 1.81. The third-order valence-electron chi connectivity index (χ3n) is 2.54. The molecule has 0 atom stereocenters. The van der Waals surface area contributed by atoms with Crippen LogP contribution in [-0.2, 0) is 6.54 Å². The maximum atomic E-state index is 5.89. The summed E-state index contributed by atoms with van der Waals surface area (Å²) < 4.78 is 5.64. The Bertz CT molecular complexity index is 532. The van der Waals surface area contributed by atoms with Gasteiger partial charge in [-0.1, -0.05) is 17.7 Å². The van der Waals surface area contributed by atoms with E-state index in [-0.39, 0.29) is 0 Å². The first-order valence-electron chi connectivity index (χ1n) is 5.90. The molecule has 0 aliphatic carbocycles. The highest BCUT2D eigenvalue weighted by Gasteiger charge is 2.04. The highest BCUT2D eigenvalue weighted by Crippen LogP contribution is 2.18. The van der Waals surface area contributed by atoms with Crippen molar-refractivity contribution in [3.05, 3.63) is 40.4 Å². The third kappa shape index (κ3) is 4.70. The fourth-order valence-electron chi connectivity index (χ4n) is 1.62. The second-order valence-corrected chi connectivity index (χ2v) is 5.79. The number of nitrogens with two attached hydrogens (primary N) is 1. The van der Waals surface area contributed by atoms with Crippen LogP contribution in [0.4, 0.5) is 5.13 Å². The number of rotatable bonds is 6. The Morgan fingerprint density at radius 1 is 1.47 bits per heavy atom. The average molecular weight is 298 g/mol. The molecule has 0 unspecified atom stereocenters. The van der Waals surface area contributed by atoms with Crippen molar-refractivity contribution in [1.82, 2.24) is 9.88 Å². The summed E-state index contributed by atoms with van der Waals surface area (Å²) in [4.78, 5) is 7.35. The van der Waals surface area contributed by atoms with Crippen molar-refractivity contribution in [2.24, 2.45) is 0 Å². The van der Waals surface area contributed by atoms with Gasteiger partial charge < -0.3 is 10.5 Å². The predicted molar refractivity (Wildman–Crippen MR) is 79.8 cm³/mol. The fourth-order valence-corrected chi connectivity index (χ4v) is 2.56. The van der Waals surface area contributed by atoms with Crippen molar-refractivity contribution in [3.8, 4) is 5.75 Å². The van der Waals surface area contributed by atoms with E-state index < -0.39 is 0 Å². The van der Waals surface area contributed by atoms with Crippen LogP contribution in [0.1, 0.15) is 4.88 Å². The Balaban J connectivity index is 1.73. The summed E-state index contributed by atoms with van der Waals surface area (Å²) in [5.74, 6) is 0.794. The molecular weight excluding hydrogens is 282 g/mol. The number of thiazole rings is 1. The van der Waals surface area contributed by atoms with Gasteiger partial charge in [-0.15, -0.1) is 11.3 Å². The fraction of sp³-hybridized carbons (Fsp3) is 0.308. The minimum Gasteiger partial charge on any atom is -0.492 e. The molecule has 102 valence electrons. The molecule has 19 heavy (non-hydrogen) atoms. The van der Waals surface area contributed by atoms with Crippen LogP contribution in [0.25, 0.3) is 0 Å². The molecule has 0 aliphatic heterocycles. The number of hydrogen-bond acceptors (Lipinski definition) is 5. The van der Waals surface area contributed by atoms with Crippen LogP contribution in [0.3, 0.4) is 0 Å². The number of ether oxygens (including phenoxy) is 1. The van der Waals surface area contributed by atoms with Crippen molar-refractivity contribution < 1.29 is 4.74 Å². The highest BCUT2D eigenvalue weighted by molar-refractivity contribution is 7.15. The lowest BCUT2D eigenvalue weighted by Gasteiger charge is -2.15. The molecule has 1 aromatic carbocycles. The molecule has 0 saturated heterocycles. The number of benzene rings is 1. The smallest absolute Gasteiger partial charge is 0.180 e.